The monoisotopic (exact) mass is 518 g/mol. The number of hydrogen-bond acceptors (Lipinski definition) is 6. The lowest BCUT2D eigenvalue weighted by Crippen LogP contribution is -2.44. The number of benzene rings is 2. The van der Waals surface area contributed by atoms with Crippen LogP contribution >= 0.6 is 0 Å². The molecular formula is C24H27FN4O6S. The van der Waals surface area contributed by atoms with E-state index in [1.807, 2.05) is 0 Å². The lowest BCUT2D eigenvalue weighted by atomic mass is 9.87. The Labute approximate surface area is 208 Å². The highest BCUT2D eigenvalue weighted by molar-refractivity contribution is 7.89. The number of rotatable bonds is 7. The molecule has 2 aliphatic heterocycles. The number of anilines is 1. The van der Waals surface area contributed by atoms with Crippen molar-refractivity contribution in [2.75, 3.05) is 38.2 Å². The first kappa shape index (κ1) is 25.7. The summed E-state index contributed by atoms with van der Waals surface area (Å²) in [4.78, 5) is 39.5. The fourth-order valence-corrected chi connectivity index (χ4v) is 6.03. The second-order valence-electron chi connectivity index (χ2n) is 8.63. The van der Waals surface area contributed by atoms with Crippen LogP contribution in [0.15, 0.2) is 47.4 Å². The minimum atomic E-state index is -3.80. The van der Waals surface area contributed by atoms with Crippen LogP contribution in [-0.2, 0) is 29.9 Å². The molecule has 2 aromatic carbocycles. The fraction of sp³-hybridized carbons (Fsp3) is 0.375. The number of urea groups is 1. The number of nitrogens with zero attached hydrogens (tertiary/aromatic N) is 2. The molecule has 0 bridgehead atoms. The van der Waals surface area contributed by atoms with Crippen LogP contribution in [0.5, 0.6) is 0 Å². The van der Waals surface area contributed by atoms with Crippen molar-refractivity contribution in [1.29, 1.82) is 0 Å². The summed E-state index contributed by atoms with van der Waals surface area (Å²) in [6.07, 6.45) is 0.196. The highest BCUT2D eigenvalue weighted by Crippen LogP contribution is 2.32. The van der Waals surface area contributed by atoms with Crippen LogP contribution < -0.4 is 10.6 Å². The van der Waals surface area contributed by atoms with Crippen LogP contribution in [0.4, 0.5) is 14.9 Å². The van der Waals surface area contributed by atoms with Gasteiger partial charge in [0.1, 0.15) is 17.9 Å². The number of nitrogens with one attached hydrogen (secondary N) is 2. The molecule has 10 nitrogen and oxygen atoms in total. The van der Waals surface area contributed by atoms with Crippen molar-refractivity contribution in [1.82, 2.24) is 14.5 Å². The van der Waals surface area contributed by atoms with E-state index in [2.05, 4.69) is 10.6 Å². The highest BCUT2D eigenvalue weighted by atomic mass is 32.2. The number of carbonyl (C=O) groups excluding carboxylic acids is 3. The average molecular weight is 519 g/mol. The Kier molecular flexibility index (Phi) is 7.12. The number of sulfonamides is 1. The molecule has 2 fully saturated rings. The minimum Gasteiger partial charge on any atom is -0.379 e. The average Bonchev–Trinajstić information content (AvgIpc) is 3.11. The number of imide groups is 1. The van der Waals surface area contributed by atoms with Gasteiger partial charge in [-0.1, -0.05) is 25.1 Å². The Morgan fingerprint density at radius 1 is 1.14 bits per heavy atom. The standard InChI is InChI=1S/C24H27FN4O6S/c1-3-24(17-5-7-18(25)8-6-17)22(31)29(23(32)27-24)15-21(30)26-19-9-4-16(2)20(14-19)36(33,34)28-10-12-35-13-11-28/h4-9,14H,3,10-13,15H2,1-2H3,(H,26,30)(H,27,32)/t24-/m1/s1. The third-order valence-electron chi connectivity index (χ3n) is 6.40. The molecular weight excluding hydrogens is 491 g/mol. The lowest BCUT2D eigenvalue weighted by molar-refractivity contribution is -0.134. The first-order valence-corrected chi connectivity index (χ1v) is 12.9. The van der Waals surface area contributed by atoms with Crippen LogP contribution in [0, 0.1) is 12.7 Å². The Bertz CT molecular complexity index is 1290. The van der Waals surface area contributed by atoms with E-state index in [1.54, 1.807) is 26.0 Å². The van der Waals surface area contributed by atoms with E-state index in [0.29, 0.717) is 24.3 Å². The van der Waals surface area contributed by atoms with Crippen LogP contribution in [-0.4, -0.2) is 68.3 Å². The predicted octanol–water partition coefficient (Wildman–Crippen LogP) is 1.95. The summed E-state index contributed by atoms with van der Waals surface area (Å²) in [5.41, 5.74) is -0.275. The molecule has 0 radical (unpaired) electrons. The molecule has 0 spiro atoms. The first-order valence-electron chi connectivity index (χ1n) is 11.5. The van der Waals surface area contributed by atoms with E-state index in [4.69, 9.17) is 4.74 Å². The van der Waals surface area contributed by atoms with E-state index in [1.165, 1.54) is 34.6 Å². The van der Waals surface area contributed by atoms with Crippen LogP contribution in [0.25, 0.3) is 0 Å². The SMILES string of the molecule is CC[C@]1(c2ccc(F)cc2)NC(=O)N(CC(=O)Nc2ccc(C)c(S(=O)(=O)N3CCOCC3)c2)C1=O. The van der Waals surface area contributed by atoms with E-state index < -0.39 is 45.8 Å². The zero-order valence-electron chi connectivity index (χ0n) is 19.9. The van der Waals surface area contributed by atoms with Crippen molar-refractivity contribution >= 4 is 33.6 Å². The summed E-state index contributed by atoms with van der Waals surface area (Å²) in [7, 11) is -3.80. The largest absolute Gasteiger partial charge is 0.379 e. The van der Waals surface area contributed by atoms with Gasteiger partial charge in [-0.2, -0.15) is 4.31 Å². The van der Waals surface area contributed by atoms with Crippen molar-refractivity contribution in [3.8, 4) is 0 Å². The van der Waals surface area contributed by atoms with Crippen molar-refractivity contribution in [3.63, 3.8) is 0 Å². The van der Waals surface area contributed by atoms with Crippen molar-refractivity contribution in [2.24, 2.45) is 0 Å². The molecule has 0 aliphatic carbocycles. The second-order valence-corrected chi connectivity index (χ2v) is 10.5. The van der Waals surface area contributed by atoms with Gasteiger partial charge in [-0.05, 0) is 48.7 Å². The maximum atomic E-state index is 13.4. The Balaban J connectivity index is 1.51. The molecule has 2 aliphatic rings. The Hall–Kier alpha value is -3.35. The van der Waals surface area contributed by atoms with Gasteiger partial charge in [0, 0.05) is 18.8 Å². The van der Waals surface area contributed by atoms with Gasteiger partial charge in [0.05, 0.1) is 18.1 Å². The summed E-state index contributed by atoms with van der Waals surface area (Å²) in [6, 6.07) is 8.97. The Morgan fingerprint density at radius 2 is 1.81 bits per heavy atom. The number of aryl methyl sites for hydroxylation is 1. The van der Waals surface area contributed by atoms with Crippen LogP contribution in [0.3, 0.4) is 0 Å². The van der Waals surface area contributed by atoms with Gasteiger partial charge in [-0.3, -0.25) is 14.5 Å². The molecule has 1 atom stereocenters. The van der Waals surface area contributed by atoms with Gasteiger partial charge in [0.15, 0.2) is 0 Å². The van der Waals surface area contributed by atoms with Gasteiger partial charge in [0.25, 0.3) is 5.91 Å². The first-order chi connectivity index (χ1) is 17.1. The molecule has 2 aromatic rings. The highest BCUT2D eigenvalue weighted by Gasteiger charge is 2.51. The molecule has 4 amide bonds. The summed E-state index contributed by atoms with van der Waals surface area (Å²) in [5, 5.41) is 5.21. The second kappa shape index (κ2) is 9.96. The van der Waals surface area contributed by atoms with Gasteiger partial charge in [-0.15, -0.1) is 0 Å². The lowest BCUT2D eigenvalue weighted by Gasteiger charge is -2.27. The van der Waals surface area contributed by atoms with Crippen molar-refractivity contribution in [2.45, 2.75) is 30.7 Å². The number of morpholine rings is 1. The van der Waals surface area contributed by atoms with Gasteiger partial charge < -0.3 is 15.4 Å². The Morgan fingerprint density at radius 3 is 2.44 bits per heavy atom. The summed E-state index contributed by atoms with van der Waals surface area (Å²) in [5.74, 6) is -1.79. The zero-order valence-corrected chi connectivity index (χ0v) is 20.7. The summed E-state index contributed by atoms with van der Waals surface area (Å²) < 4.78 is 46.1. The maximum Gasteiger partial charge on any atom is 0.325 e. The van der Waals surface area contributed by atoms with E-state index in [0.717, 1.165) is 4.90 Å². The number of carbonyl (C=O) groups is 3. The zero-order chi connectivity index (χ0) is 26.1. The minimum absolute atomic E-state index is 0.0542. The third kappa shape index (κ3) is 4.71. The molecule has 0 unspecified atom stereocenters. The number of ether oxygens (including phenoxy) is 1. The van der Waals surface area contributed by atoms with E-state index in [9.17, 15) is 27.2 Å². The van der Waals surface area contributed by atoms with Gasteiger partial charge in [-0.25, -0.2) is 17.6 Å². The fourth-order valence-electron chi connectivity index (χ4n) is 4.37. The molecule has 4 rings (SSSR count). The van der Waals surface area contributed by atoms with Gasteiger partial charge in [0.2, 0.25) is 15.9 Å². The maximum absolute atomic E-state index is 13.4. The molecule has 12 heteroatoms. The number of hydrogen-bond donors (Lipinski definition) is 2. The van der Waals surface area contributed by atoms with Crippen LogP contribution in [0.1, 0.15) is 24.5 Å². The van der Waals surface area contributed by atoms with Crippen molar-refractivity contribution < 1.29 is 31.9 Å². The molecule has 2 saturated heterocycles. The number of halogens is 1. The molecule has 2 N–H and O–H groups in total. The molecule has 0 saturated carbocycles. The van der Waals surface area contributed by atoms with Gasteiger partial charge >= 0.3 is 6.03 Å². The summed E-state index contributed by atoms with van der Waals surface area (Å²) in [6.45, 7) is 3.86. The van der Waals surface area contributed by atoms with E-state index >= 15 is 0 Å². The topological polar surface area (TPSA) is 125 Å². The number of amides is 4. The van der Waals surface area contributed by atoms with Crippen LogP contribution in [0.2, 0.25) is 0 Å². The smallest absolute Gasteiger partial charge is 0.325 e. The third-order valence-corrected chi connectivity index (χ3v) is 8.45. The van der Waals surface area contributed by atoms with E-state index in [-0.39, 0.29) is 30.1 Å². The normalized spacial score (nSPS) is 20.9. The predicted molar refractivity (Wildman–Crippen MR) is 128 cm³/mol. The van der Waals surface area contributed by atoms with Crippen molar-refractivity contribution in [3.05, 3.63) is 59.4 Å². The molecule has 2 heterocycles. The summed E-state index contributed by atoms with van der Waals surface area (Å²) >= 11 is 0. The molecule has 36 heavy (non-hydrogen) atoms. The molecule has 0 aromatic heterocycles. The molecule has 192 valence electrons. The quantitative estimate of drug-likeness (QED) is 0.540.